The fraction of sp³-hybridized carbons (Fsp3) is 0.471. The quantitative estimate of drug-likeness (QED) is 0.870. The summed E-state index contributed by atoms with van der Waals surface area (Å²) in [7, 11) is 4.12. The molecule has 1 aromatic heterocycles. The molecule has 3 heteroatoms. The van der Waals surface area contributed by atoms with Gasteiger partial charge in [-0.05, 0) is 31.3 Å². The Bertz CT molecular complexity index is 561. The van der Waals surface area contributed by atoms with E-state index in [9.17, 15) is 0 Å². The minimum Gasteiger partial charge on any atom is -0.356 e. The molecule has 108 valence electrons. The van der Waals surface area contributed by atoms with Crippen molar-refractivity contribution in [2.24, 2.45) is 0 Å². The Morgan fingerprint density at radius 3 is 2.55 bits per heavy atom. The molecule has 0 radical (unpaired) electrons. The maximum atomic E-state index is 4.87. The molecule has 1 aromatic carbocycles. The molecule has 0 fully saturated rings. The highest BCUT2D eigenvalue weighted by atomic mass is 15.2. The van der Waals surface area contributed by atoms with Crippen LogP contribution < -0.4 is 10.2 Å². The van der Waals surface area contributed by atoms with E-state index in [1.807, 2.05) is 7.05 Å². The van der Waals surface area contributed by atoms with Gasteiger partial charge in [0.15, 0.2) is 0 Å². The molecule has 0 aliphatic carbocycles. The summed E-state index contributed by atoms with van der Waals surface area (Å²) in [6.45, 7) is 5.28. The predicted molar refractivity (Wildman–Crippen MR) is 87.3 cm³/mol. The minimum atomic E-state index is 0.538. The molecule has 3 nitrogen and oxygen atoms in total. The largest absolute Gasteiger partial charge is 0.356 e. The molecule has 0 bridgehead atoms. The molecule has 0 aliphatic rings. The number of fused-ring (bicyclic) bond motifs is 1. The molecule has 1 N–H and O–H groups in total. The molecule has 0 atom stereocenters. The number of nitrogens with one attached hydrogen (secondary N) is 1. The third kappa shape index (κ3) is 2.93. The van der Waals surface area contributed by atoms with Crippen LogP contribution in [0.4, 0.5) is 5.82 Å². The SMILES string of the molecule is CCC(CC)N(C)c1nc(CNC)cc2ccccc12. The molecule has 0 saturated carbocycles. The lowest BCUT2D eigenvalue weighted by Crippen LogP contribution is -2.31. The molecule has 0 spiro atoms. The molecule has 1 heterocycles. The van der Waals surface area contributed by atoms with Crippen molar-refractivity contribution in [2.45, 2.75) is 39.3 Å². The van der Waals surface area contributed by atoms with Crippen molar-refractivity contribution in [2.75, 3.05) is 19.0 Å². The van der Waals surface area contributed by atoms with Crippen LogP contribution in [0.3, 0.4) is 0 Å². The number of hydrogen-bond acceptors (Lipinski definition) is 3. The van der Waals surface area contributed by atoms with E-state index in [1.165, 1.54) is 10.8 Å². The summed E-state index contributed by atoms with van der Waals surface area (Å²) in [6.07, 6.45) is 2.28. The number of rotatable bonds is 6. The molecular formula is C17H25N3. The Morgan fingerprint density at radius 1 is 1.20 bits per heavy atom. The van der Waals surface area contributed by atoms with E-state index in [-0.39, 0.29) is 0 Å². The van der Waals surface area contributed by atoms with Crippen LogP contribution in [-0.4, -0.2) is 25.1 Å². The number of hydrogen-bond donors (Lipinski definition) is 1. The Labute approximate surface area is 122 Å². The maximum absolute atomic E-state index is 4.87. The van der Waals surface area contributed by atoms with Gasteiger partial charge in [-0.25, -0.2) is 4.98 Å². The normalized spacial score (nSPS) is 11.2. The second-order valence-corrected chi connectivity index (χ2v) is 5.27. The number of aromatic nitrogens is 1. The lowest BCUT2D eigenvalue weighted by atomic mass is 10.1. The van der Waals surface area contributed by atoms with Gasteiger partial charge >= 0.3 is 0 Å². The van der Waals surface area contributed by atoms with Gasteiger partial charge in [0.1, 0.15) is 5.82 Å². The fourth-order valence-corrected chi connectivity index (χ4v) is 2.78. The molecule has 0 aliphatic heterocycles. The first-order valence-corrected chi connectivity index (χ1v) is 7.47. The molecule has 2 rings (SSSR count). The van der Waals surface area contributed by atoms with Crippen molar-refractivity contribution >= 4 is 16.6 Å². The van der Waals surface area contributed by atoms with E-state index in [0.29, 0.717) is 6.04 Å². The molecular weight excluding hydrogens is 246 g/mol. The lowest BCUT2D eigenvalue weighted by molar-refractivity contribution is 0.587. The zero-order valence-corrected chi connectivity index (χ0v) is 13.0. The fourth-order valence-electron chi connectivity index (χ4n) is 2.78. The predicted octanol–water partition coefficient (Wildman–Crippen LogP) is 3.58. The highest BCUT2D eigenvalue weighted by Crippen LogP contribution is 2.27. The first-order valence-electron chi connectivity index (χ1n) is 7.47. The second-order valence-electron chi connectivity index (χ2n) is 5.27. The van der Waals surface area contributed by atoms with Crippen LogP contribution in [-0.2, 0) is 6.54 Å². The molecule has 20 heavy (non-hydrogen) atoms. The van der Waals surface area contributed by atoms with Crippen LogP contribution in [0.1, 0.15) is 32.4 Å². The van der Waals surface area contributed by atoms with Crippen LogP contribution in [0.25, 0.3) is 10.8 Å². The monoisotopic (exact) mass is 271 g/mol. The van der Waals surface area contributed by atoms with Crippen LogP contribution >= 0.6 is 0 Å². The lowest BCUT2D eigenvalue weighted by Gasteiger charge is -2.29. The summed E-state index contributed by atoms with van der Waals surface area (Å²) in [6, 6.07) is 11.2. The van der Waals surface area contributed by atoms with Crippen LogP contribution in [0.15, 0.2) is 30.3 Å². The van der Waals surface area contributed by atoms with E-state index >= 15 is 0 Å². The second kappa shape index (κ2) is 6.71. The van der Waals surface area contributed by atoms with Crippen molar-refractivity contribution in [1.82, 2.24) is 10.3 Å². The van der Waals surface area contributed by atoms with Crippen molar-refractivity contribution < 1.29 is 0 Å². The number of nitrogens with zero attached hydrogens (tertiary/aromatic N) is 2. The van der Waals surface area contributed by atoms with E-state index in [1.54, 1.807) is 0 Å². The molecule has 0 unspecified atom stereocenters. The van der Waals surface area contributed by atoms with Gasteiger partial charge in [0.05, 0.1) is 5.69 Å². The Hall–Kier alpha value is -1.61. The first kappa shape index (κ1) is 14.8. The standard InChI is InChI=1S/C17H25N3/c1-5-15(6-2)20(4)17-16-10-8-7-9-13(16)11-14(19-17)12-18-3/h7-11,15,18H,5-6,12H2,1-4H3. The number of pyridine rings is 1. The third-order valence-electron chi connectivity index (χ3n) is 3.96. The Balaban J connectivity index is 2.54. The van der Waals surface area contributed by atoms with Crippen molar-refractivity contribution in [3.8, 4) is 0 Å². The van der Waals surface area contributed by atoms with Gasteiger partial charge in [-0.3, -0.25) is 0 Å². The van der Waals surface area contributed by atoms with Gasteiger partial charge < -0.3 is 10.2 Å². The van der Waals surface area contributed by atoms with Gasteiger partial charge in [-0.15, -0.1) is 0 Å². The number of benzene rings is 1. The van der Waals surface area contributed by atoms with E-state index in [0.717, 1.165) is 30.9 Å². The summed E-state index contributed by atoms with van der Waals surface area (Å²) in [5.41, 5.74) is 1.10. The van der Waals surface area contributed by atoms with Gasteiger partial charge in [0.25, 0.3) is 0 Å². The third-order valence-corrected chi connectivity index (χ3v) is 3.96. The zero-order valence-electron chi connectivity index (χ0n) is 13.0. The average Bonchev–Trinajstić information content (AvgIpc) is 2.48. The first-order chi connectivity index (χ1) is 9.71. The topological polar surface area (TPSA) is 28.2 Å². The highest BCUT2D eigenvalue weighted by Gasteiger charge is 2.16. The summed E-state index contributed by atoms with van der Waals surface area (Å²) >= 11 is 0. The average molecular weight is 271 g/mol. The van der Waals surface area contributed by atoms with Crippen LogP contribution in [0.5, 0.6) is 0 Å². The summed E-state index contributed by atoms with van der Waals surface area (Å²) in [5, 5.41) is 5.69. The molecule has 0 saturated heterocycles. The highest BCUT2D eigenvalue weighted by molar-refractivity contribution is 5.92. The molecule has 2 aromatic rings. The Kier molecular flexibility index (Phi) is 4.96. The maximum Gasteiger partial charge on any atom is 0.136 e. The van der Waals surface area contributed by atoms with Gasteiger partial charge in [-0.1, -0.05) is 38.1 Å². The van der Waals surface area contributed by atoms with Crippen molar-refractivity contribution in [1.29, 1.82) is 0 Å². The van der Waals surface area contributed by atoms with Gasteiger partial charge in [0, 0.05) is 25.0 Å². The van der Waals surface area contributed by atoms with Gasteiger partial charge in [0.2, 0.25) is 0 Å². The van der Waals surface area contributed by atoms with Crippen LogP contribution in [0.2, 0.25) is 0 Å². The smallest absolute Gasteiger partial charge is 0.136 e. The van der Waals surface area contributed by atoms with E-state index < -0.39 is 0 Å². The summed E-state index contributed by atoms with van der Waals surface area (Å²) in [5.74, 6) is 1.10. The summed E-state index contributed by atoms with van der Waals surface area (Å²) < 4.78 is 0. The van der Waals surface area contributed by atoms with Crippen molar-refractivity contribution in [3.05, 3.63) is 36.0 Å². The number of anilines is 1. The molecule has 0 amide bonds. The van der Waals surface area contributed by atoms with E-state index in [2.05, 4.69) is 61.4 Å². The van der Waals surface area contributed by atoms with Crippen molar-refractivity contribution in [3.63, 3.8) is 0 Å². The van der Waals surface area contributed by atoms with Gasteiger partial charge in [-0.2, -0.15) is 0 Å². The Morgan fingerprint density at radius 2 is 1.90 bits per heavy atom. The zero-order chi connectivity index (χ0) is 14.5. The summed E-state index contributed by atoms with van der Waals surface area (Å²) in [4.78, 5) is 7.21. The van der Waals surface area contributed by atoms with E-state index in [4.69, 9.17) is 4.98 Å². The van der Waals surface area contributed by atoms with Crippen LogP contribution in [0, 0.1) is 0 Å². The minimum absolute atomic E-state index is 0.538.